The molecule has 0 heterocycles. The number of nitrogens with two attached hydrogens (primary N) is 1. The summed E-state index contributed by atoms with van der Waals surface area (Å²) in [6.45, 7) is -1.84. The summed E-state index contributed by atoms with van der Waals surface area (Å²) in [7, 11) is 1.47. The van der Waals surface area contributed by atoms with Gasteiger partial charge in [0.05, 0.1) is 0 Å². The number of amides is 1. The molecule has 0 spiro atoms. The molecule has 0 aliphatic rings. The summed E-state index contributed by atoms with van der Waals surface area (Å²) >= 11 is 0. The topological polar surface area (TPSA) is 55.6 Å². The molecule has 7 heteroatoms. The maximum atomic E-state index is 11.9. The molecule has 0 saturated carbocycles. The van der Waals surface area contributed by atoms with E-state index in [9.17, 15) is 18.0 Å². The second-order valence-corrected chi connectivity index (χ2v) is 3.89. The van der Waals surface area contributed by atoms with E-state index in [2.05, 4.69) is 4.74 Å². The van der Waals surface area contributed by atoms with Crippen molar-refractivity contribution in [3.8, 4) is 0 Å². The number of hydrogen-bond acceptors (Lipinski definition) is 3. The molecule has 0 aromatic heterocycles. The molecule has 0 fully saturated rings. The predicted octanol–water partition coefficient (Wildman–Crippen LogP) is 1.69. The van der Waals surface area contributed by atoms with Crippen LogP contribution in [0.2, 0.25) is 0 Å². The van der Waals surface area contributed by atoms with Crippen molar-refractivity contribution in [2.24, 2.45) is 5.73 Å². The van der Waals surface area contributed by atoms with Crippen LogP contribution in [0, 0.1) is 0 Å². The average Bonchev–Trinajstić information content (AvgIpc) is 2.36. The Labute approximate surface area is 108 Å². The Hall–Kier alpha value is -1.60. The molecule has 0 aliphatic carbocycles. The van der Waals surface area contributed by atoms with Gasteiger partial charge in [-0.05, 0) is 11.6 Å². The maximum absolute atomic E-state index is 11.9. The lowest BCUT2D eigenvalue weighted by atomic mass is 10.1. The molecule has 0 saturated heterocycles. The van der Waals surface area contributed by atoms with Gasteiger partial charge in [0.25, 0.3) is 5.91 Å². The van der Waals surface area contributed by atoms with Gasteiger partial charge in [-0.2, -0.15) is 13.2 Å². The molecule has 1 aromatic carbocycles. The normalized spacial score (nSPS) is 11.4. The molecule has 1 aromatic rings. The third-order valence-corrected chi connectivity index (χ3v) is 2.44. The molecule has 0 atom stereocenters. The summed E-state index contributed by atoms with van der Waals surface area (Å²) < 4.78 is 40.0. The molecule has 19 heavy (non-hydrogen) atoms. The predicted molar refractivity (Wildman–Crippen MR) is 64.6 cm³/mol. The molecule has 0 aliphatic heterocycles. The van der Waals surface area contributed by atoms with Gasteiger partial charge in [-0.3, -0.25) is 4.79 Å². The quantitative estimate of drug-likeness (QED) is 0.890. The molecule has 1 rings (SSSR count). The molecule has 2 N–H and O–H groups in total. The maximum Gasteiger partial charge on any atom is 0.411 e. The minimum atomic E-state index is -4.44. The van der Waals surface area contributed by atoms with E-state index in [1.54, 1.807) is 24.3 Å². The fraction of sp³-hybridized carbons (Fsp3) is 0.417. The van der Waals surface area contributed by atoms with Gasteiger partial charge in [-0.25, -0.2) is 0 Å². The van der Waals surface area contributed by atoms with E-state index in [0.717, 1.165) is 5.56 Å². The number of benzene rings is 1. The van der Waals surface area contributed by atoms with Crippen LogP contribution in [-0.2, 0) is 16.1 Å². The number of likely N-dealkylation sites (N-methyl/N-ethyl adjacent to an activating group) is 1. The van der Waals surface area contributed by atoms with E-state index in [-0.39, 0.29) is 6.54 Å². The summed E-state index contributed by atoms with van der Waals surface area (Å²) in [5.41, 5.74) is 6.82. The van der Waals surface area contributed by atoms with Crippen LogP contribution in [0.5, 0.6) is 0 Å². The van der Waals surface area contributed by atoms with Crippen molar-refractivity contribution in [1.82, 2.24) is 0 Å². The fourth-order valence-electron chi connectivity index (χ4n) is 1.50. The fourth-order valence-corrected chi connectivity index (χ4v) is 1.50. The van der Waals surface area contributed by atoms with E-state index < -0.39 is 25.3 Å². The third-order valence-electron chi connectivity index (χ3n) is 2.44. The van der Waals surface area contributed by atoms with Crippen molar-refractivity contribution in [1.29, 1.82) is 0 Å². The Morgan fingerprint density at radius 3 is 2.58 bits per heavy atom. The van der Waals surface area contributed by atoms with Gasteiger partial charge >= 0.3 is 6.18 Å². The highest BCUT2D eigenvalue weighted by atomic mass is 19.4. The number of carbonyl (C=O) groups is 1. The van der Waals surface area contributed by atoms with Crippen LogP contribution in [0.3, 0.4) is 0 Å². The Bertz CT molecular complexity index is 435. The number of ether oxygens (including phenoxy) is 1. The van der Waals surface area contributed by atoms with Crippen molar-refractivity contribution < 1.29 is 22.7 Å². The Morgan fingerprint density at radius 2 is 2.00 bits per heavy atom. The van der Waals surface area contributed by atoms with Crippen LogP contribution in [-0.4, -0.2) is 32.3 Å². The van der Waals surface area contributed by atoms with Gasteiger partial charge in [0, 0.05) is 19.3 Å². The van der Waals surface area contributed by atoms with Crippen molar-refractivity contribution in [3.63, 3.8) is 0 Å². The van der Waals surface area contributed by atoms with Crippen molar-refractivity contribution in [2.75, 3.05) is 25.2 Å². The molecule has 0 unspecified atom stereocenters. The lowest BCUT2D eigenvalue weighted by Gasteiger charge is -2.20. The molecule has 0 bridgehead atoms. The molecular weight excluding hydrogens is 261 g/mol. The van der Waals surface area contributed by atoms with Crippen LogP contribution >= 0.6 is 0 Å². The Balaban J connectivity index is 2.62. The Morgan fingerprint density at radius 1 is 1.37 bits per heavy atom. The number of halogens is 3. The standard InChI is InChI=1S/C12H15F3N2O2/c1-17(10-5-3-2-4-9(10)6-16)11(18)7-19-8-12(13,14)15/h2-5H,6-8,16H2,1H3. The second kappa shape index (κ2) is 6.53. The van der Waals surface area contributed by atoms with Crippen LogP contribution in [0.4, 0.5) is 18.9 Å². The van der Waals surface area contributed by atoms with Gasteiger partial charge in [-0.15, -0.1) is 0 Å². The Kier molecular flexibility index (Phi) is 5.31. The highest BCUT2D eigenvalue weighted by Gasteiger charge is 2.28. The molecule has 106 valence electrons. The van der Waals surface area contributed by atoms with E-state index in [4.69, 9.17) is 5.73 Å². The summed E-state index contributed by atoms with van der Waals surface area (Å²) in [5.74, 6) is -0.565. The molecule has 0 radical (unpaired) electrons. The number of alkyl halides is 3. The summed E-state index contributed by atoms with van der Waals surface area (Å²) in [6, 6.07) is 6.90. The first-order valence-electron chi connectivity index (χ1n) is 5.54. The number of carbonyl (C=O) groups excluding carboxylic acids is 1. The first-order valence-corrected chi connectivity index (χ1v) is 5.54. The zero-order valence-corrected chi connectivity index (χ0v) is 10.4. The lowest BCUT2D eigenvalue weighted by Crippen LogP contribution is -2.32. The molecular formula is C12H15F3N2O2. The van der Waals surface area contributed by atoms with Crippen LogP contribution < -0.4 is 10.6 Å². The zero-order valence-electron chi connectivity index (χ0n) is 10.4. The third kappa shape index (κ3) is 4.88. The first-order chi connectivity index (χ1) is 8.85. The lowest BCUT2D eigenvalue weighted by molar-refractivity contribution is -0.175. The van der Waals surface area contributed by atoms with Crippen LogP contribution in [0.25, 0.3) is 0 Å². The van der Waals surface area contributed by atoms with Gasteiger partial charge in [-0.1, -0.05) is 18.2 Å². The van der Waals surface area contributed by atoms with Gasteiger partial charge < -0.3 is 15.4 Å². The number of hydrogen-bond donors (Lipinski definition) is 1. The summed E-state index contributed by atoms with van der Waals surface area (Å²) in [6.07, 6.45) is -4.44. The number of nitrogens with zero attached hydrogens (tertiary/aromatic N) is 1. The van der Waals surface area contributed by atoms with Gasteiger partial charge in [0.1, 0.15) is 13.2 Å². The monoisotopic (exact) mass is 276 g/mol. The van der Waals surface area contributed by atoms with E-state index >= 15 is 0 Å². The number of para-hydroxylation sites is 1. The second-order valence-electron chi connectivity index (χ2n) is 3.89. The highest BCUT2D eigenvalue weighted by molar-refractivity contribution is 5.94. The van der Waals surface area contributed by atoms with E-state index in [1.165, 1.54) is 11.9 Å². The van der Waals surface area contributed by atoms with Crippen molar-refractivity contribution in [2.45, 2.75) is 12.7 Å². The number of anilines is 1. The minimum absolute atomic E-state index is 0.233. The van der Waals surface area contributed by atoms with E-state index in [1.807, 2.05) is 0 Å². The smallest absolute Gasteiger partial charge is 0.362 e. The van der Waals surface area contributed by atoms with Crippen LogP contribution in [0.1, 0.15) is 5.56 Å². The van der Waals surface area contributed by atoms with Gasteiger partial charge in [0.15, 0.2) is 0 Å². The minimum Gasteiger partial charge on any atom is -0.362 e. The number of rotatable bonds is 5. The first kappa shape index (κ1) is 15.5. The average molecular weight is 276 g/mol. The van der Waals surface area contributed by atoms with Crippen molar-refractivity contribution in [3.05, 3.63) is 29.8 Å². The van der Waals surface area contributed by atoms with E-state index in [0.29, 0.717) is 5.69 Å². The molecule has 4 nitrogen and oxygen atoms in total. The largest absolute Gasteiger partial charge is 0.411 e. The van der Waals surface area contributed by atoms with Crippen molar-refractivity contribution >= 4 is 11.6 Å². The SMILES string of the molecule is CN(C(=O)COCC(F)(F)F)c1ccccc1CN. The van der Waals surface area contributed by atoms with Gasteiger partial charge in [0.2, 0.25) is 0 Å². The summed E-state index contributed by atoms with van der Waals surface area (Å²) in [5, 5.41) is 0. The summed E-state index contributed by atoms with van der Waals surface area (Å²) in [4.78, 5) is 12.9. The zero-order chi connectivity index (χ0) is 14.5. The van der Waals surface area contributed by atoms with Crippen LogP contribution in [0.15, 0.2) is 24.3 Å². The highest BCUT2D eigenvalue weighted by Crippen LogP contribution is 2.19. The molecule has 1 amide bonds.